The number of amides is 3. The molecule has 0 saturated carbocycles. The second-order valence-electron chi connectivity index (χ2n) is 9.73. The van der Waals surface area contributed by atoms with Gasteiger partial charge in [0.15, 0.2) is 0 Å². The van der Waals surface area contributed by atoms with Crippen molar-refractivity contribution in [2.75, 3.05) is 38.7 Å². The maximum absolute atomic E-state index is 14.3. The van der Waals surface area contributed by atoms with E-state index in [0.717, 1.165) is 27.9 Å². The molecule has 2 N–H and O–H groups in total. The van der Waals surface area contributed by atoms with E-state index in [2.05, 4.69) is 5.32 Å². The second-order valence-corrected chi connectivity index (χ2v) is 9.73. The Morgan fingerprint density at radius 1 is 1.19 bits per heavy atom. The molecule has 1 spiro atoms. The molecule has 3 amide bonds. The molecule has 8 nitrogen and oxygen atoms in total. The first-order chi connectivity index (χ1) is 17.3. The average Bonchev–Trinajstić information content (AvgIpc) is 3.18. The summed E-state index contributed by atoms with van der Waals surface area (Å²) in [5, 5.41) is 14.3. The quantitative estimate of drug-likeness (QED) is 0.580. The van der Waals surface area contributed by atoms with E-state index in [1.54, 1.807) is 31.1 Å². The molecule has 0 bridgehead atoms. The average molecular weight is 495 g/mol. The molecule has 5 rings (SSSR count). The number of para-hydroxylation sites is 1. The van der Waals surface area contributed by atoms with Gasteiger partial charge >= 0.3 is 6.03 Å². The fraction of sp³-hybridized carbons (Fsp3) is 0.407. The van der Waals surface area contributed by atoms with Crippen LogP contribution in [0.25, 0.3) is 10.9 Å². The molecule has 1 fully saturated rings. The number of fused-ring (bicyclic) bond motifs is 4. The number of piperidine rings is 1. The number of aromatic nitrogens is 1. The lowest BCUT2D eigenvalue weighted by Crippen LogP contribution is -2.56. The number of carbonyl (C=O) groups excluding carboxylic acids is 2. The molecule has 3 heterocycles. The Morgan fingerprint density at radius 3 is 2.56 bits per heavy atom. The van der Waals surface area contributed by atoms with Crippen molar-refractivity contribution in [3.05, 3.63) is 59.5 Å². The molecule has 190 valence electrons. The lowest BCUT2D eigenvalue weighted by Gasteiger charge is -2.50. The predicted molar refractivity (Wildman–Crippen MR) is 135 cm³/mol. The molecular formula is C27H31FN4O4. The Hall–Kier alpha value is -3.59. The fourth-order valence-corrected chi connectivity index (χ4v) is 5.98. The molecule has 2 aromatic carbocycles. The largest absolute Gasteiger partial charge is 0.497 e. The van der Waals surface area contributed by atoms with Gasteiger partial charge in [-0.2, -0.15) is 0 Å². The Labute approximate surface area is 209 Å². The number of likely N-dealkylation sites (tertiary alicyclic amines) is 1. The van der Waals surface area contributed by atoms with E-state index >= 15 is 0 Å². The number of anilines is 1. The van der Waals surface area contributed by atoms with Gasteiger partial charge in [0.05, 0.1) is 31.0 Å². The number of aliphatic hydroxyl groups excluding tert-OH is 1. The molecule has 1 aromatic heterocycles. The summed E-state index contributed by atoms with van der Waals surface area (Å²) in [7, 11) is 3.55. The van der Waals surface area contributed by atoms with E-state index in [1.807, 2.05) is 34.7 Å². The molecule has 36 heavy (non-hydrogen) atoms. The SMILES string of the molecule is COc1ccc2c3c(n(C)c2c1)[C@H](CO)N(C(=O)Nc1ccccc1F)CC31CCN(C(C)=O)CC1. The van der Waals surface area contributed by atoms with E-state index in [1.165, 1.54) is 12.1 Å². The zero-order valence-electron chi connectivity index (χ0n) is 20.8. The maximum atomic E-state index is 14.3. The third kappa shape index (κ3) is 3.78. The summed E-state index contributed by atoms with van der Waals surface area (Å²) in [4.78, 5) is 29.1. The second kappa shape index (κ2) is 9.13. The normalized spacial score (nSPS) is 18.9. The molecule has 1 atom stereocenters. The van der Waals surface area contributed by atoms with Crippen LogP contribution in [-0.4, -0.2) is 64.8 Å². The number of benzene rings is 2. The van der Waals surface area contributed by atoms with Crippen molar-refractivity contribution in [2.24, 2.45) is 7.05 Å². The Kier molecular flexibility index (Phi) is 6.12. The summed E-state index contributed by atoms with van der Waals surface area (Å²) in [6.45, 7) is 2.79. The number of urea groups is 1. The molecule has 0 aliphatic carbocycles. The van der Waals surface area contributed by atoms with Crippen molar-refractivity contribution >= 4 is 28.5 Å². The van der Waals surface area contributed by atoms with Crippen molar-refractivity contribution in [1.29, 1.82) is 0 Å². The van der Waals surface area contributed by atoms with Gasteiger partial charge in [-0.25, -0.2) is 9.18 Å². The van der Waals surface area contributed by atoms with Gasteiger partial charge in [-0.15, -0.1) is 0 Å². The van der Waals surface area contributed by atoms with Gasteiger partial charge < -0.3 is 29.5 Å². The van der Waals surface area contributed by atoms with Crippen LogP contribution >= 0.6 is 0 Å². The number of nitrogens with one attached hydrogen (secondary N) is 1. The fourth-order valence-electron chi connectivity index (χ4n) is 5.98. The lowest BCUT2D eigenvalue weighted by atomic mass is 9.68. The number of carbonyl (C=O) groups is 2. The molecule has 3 aromatic rings. The van der Waals surface area contributed by atoms with Gasteiger partial charge in [0.25, 0.3) is 0 Å². The minimum absolute atomic E-state index is 0.0333. The maximum Gasteiger partial charge on any atom is 0.322 e. The van der Waals surface area contributed by atoms with Crippen molar-refractivity contribution in [1.82, 2.24) is 14.4 Å². The highest BCUT2D eigenvalue weighted by Crippen LogP contribution is 2.50. The zero-order valence-corrected chi connectivity index (χ0v) is 20.8. The smallest absolute Gasteiger partial charge is 0.322 e. The third-order valence-corrected chi connectivity index (χ3v) is 7.86. The van der Waals surface area contributed by atoms with Gasteiger partial charge in [0, 0.05) is 56.2 Å². The molecule has 9 heteroatoms. The number of rotatable bonds is 3. The van der Waals surface area contributed by atoms with Crippen LogP contribution in [0.15, 0.2) is 42.5 Å². The highest BCUT2D eigenvalue weighted by Gasteiger charge is 2.49. The van der Waals surface area contributed by atoms with E-state index in [0.29, 0.717) is 32.5 Å². The van der Waals surface area contributed by atoms with Gasteiger partial charge in [-0.3, -0.25) is 4.79 Å². The van der Waals surface area contributed by atoms with Crippen LogP contribution in [0.2, 0.25) is 0 Å². The van der Waals surface area contributed by atoms with E-state index in [-0.39, 0.29) is 18.2 Å². The number of halogens is 1. The van der Waals surface area contributed by atoms with Crippen LogP contribution in [0.5, 0.6) is 5.75 Å². The first-order valence-corrected chi connectivity index (χ1v) is 12.1. The molecule has 0 radical (unpaired) electrons. The highest BCUT2D eigenvalue weighted by atomic mass is 19.1. The number of methoxy groups -OCH3 is 1. The highest BCUT2D eigenvalue weighted by molar-refractivity contribution is 5.92. The first-order valence-electron chi connectivity index (χ1n) is 12.1. The Bertz CT molecular complexity index is 1330. The summed E-state index contributed by atoms with van der Waals surface area (Å²) in [6.07, 6.45) is 1.35. The Balaban J connectivity index is 1.64. The minimum atomic E-state index is -0.619. The van der Waals surface area contributed by atoms with E-state index in [9.17, 15) is 19.1 Å². The van der Waals surface area contributed by atoms with Crippen molar-refractivity contribution < 1.29 is 23.8 Å². The van der Waals surface area contributed by atoms with Crippen LogP contribution in [0, 0.1) is 5.82 Å². The number of hydrogen-bond acceptors (Lipinski definition) is 4. The summed E-state index contributed by atoms with van der Waals surface area (Å²) in [6, 6.07) is 10.9. The van der Waals surface area contributed by atoms with Crippen LogP contribution < -0.4 is 10.1 Å². The predicted octanol–water partition coefficient (Wildman–Crippen LogP) is 3.79. The van der Waals surface area contributed by atoms with Crippen molar-refractivity contribution in [2.45, 2.75) is 31.2 Å². The molecule has 2 aliphatic heterocycles. The summed E-state index contributed by atoms with van der Waals surface area (Å²) >= 11 is 0. The summed E-state index contributed by atoms with van der Waals surface area (Å²) < 4.78 is 21.8. The summed E-state index contributed by atoms with van der Waals surface area (Å²) in [5.41, 5.74) is 2.58. The molecule has 0 unspecified atom stereocenters. The summed E-state index contributed by atoms with van der Waals surface area (Å²) in [5.74, 6) is 0.229. The molecule has 1 saturated heterocycles. The van der Waals surface area contributed by atoms with E-state index < -0.39 is 23.3 Å². The monoisotopic (exact) mass is 494 g/mol. The number of hydrogen-bond donors (Lipinski definition) is 2. The van der Waals surface area contributed by atoms with Crippen molar-refractivity contribution in [3.8, 4) is 5.75 Å². The van der Waals surface area contributed by atoms with Crippen LogP contribution in [0.1, 0.15) is 37.1 Å². The standard InChI is InChI=1S/C27H31FN4O4/c1-17(34)31-12-10-27(11-13-31)16-32(26(35)29-21-7-5-4-6-20(21)28)23(15-33)25-24(27)19-9-8-18(36-3)14-22(19)30(25)2/h4-9,14,23,33H,10-13,15-16H2,1-3H3,(H,29,35)/t23-/m0/s1. The molecule has 2 aliphatic rings. The number of aryl methyl sites for hydroxylation is 1. The van der Waals surface area contributed by atoms with Crippen LogP contribution in [0.3, 0.4) is 0 Å². The first kappa shape index (κ1) is 24.1. The van der Waals surface area contributed by atoms with Crippen LogP contribution in [-0.2, 0) is 17.3 Å². The van der Waals surface area contributed by atoms with Crippen LogP contribution in [0.4, 0.5) is 14.9 Å². The number of ether oxygens (including phenoxy) is 1. The van der Waals surface area contributed by atoms with E-state index in [4.69, 9.17) is 4.74 Å². The minimum Gasteiger partial charge on any atom is -0.497 e. The van der Waals surface area contributed by atoms with Gasteiger partial charge in [0.1, 0.15) is 11.6 Å². The number of aliphatic hydroxyl groups is 1. The Morgan fingerprint density at radius 2 is 1.92 bits per heavy atom. The topological polar surface area (TPSA) is 87.0 Å². The van der Waals surface area contributed by atoms with Gasteiger partial charge in [-0.1, -0.05) is 12.1 Å². The van der Waals surface area contributed by atoms with Gasteiger partial charge in [-0.05, 0) is 42.7 Å². The lowest BCUT2D eigenvalue weighted by molar-refractivity contribution is -0.130. The zero-order chi connectivity index (χ0) is 25.6. The number of nitrogens with zero attached hydrogens (tertiary/aromatic N) is 3. The van der Waals surface area contributed by atoms with Crippen molar-refractivity contribution in [3.63, 3.8) is 0 Å². The molecular weight excluding hydrogens is 463 g/mol. The third-order valence-electron chi connectivity index (χ3n) is 7.86. The van der Waals surface area contributed by atoms with Gasteiger partial charge in [0.2, 0.25) is 5.91 Å².